The zero-order chi connectivity index (χ0) is 17.2. The number of benzene rings is 1. The molecule has 0 saturated heterocycles. The molecule has 0 spiro atoms. The maximum atomic E-state index is 6.00. The number of hydrogen-bond acceptors (Lipinski definition) is 3. The Labute approximate surface area is 169 Å². The molecule has 1 saturated carbocycles. The SMILES string of the molecule is CN(C)CCCOc1ccc(CN=C(N)NC2CCCCC2)cc1.I. The van der Waals surface area contributed by atoms with E-state index in [0.717, 1.165) is 30.9 Å². The largest absolute Gasteiger partial charge is 0.494 e. The van der Waals surface area contributed by atoms with Gasteiger partial charge in [0.2, 0.25) is 0 Å². The first kappa shape index (κ1) is 22.0. The van der Waals surface area contributed by atoms with Crippen LogP contribution >= 0.6 is 24.0 Å². The molecular weight excluding hydrogens is 427 g/mol. The first-order valence-corrected chi connectivity index (χ1v) is 9.06. The zero-order valence-electron chi connectivity index (χ0n) is 15.5. The molecule has 0 bridgehead atoms. The van der Waals surface area contributed by atoms with Crippen molar-refractivity contribution in [1.82, 2.24) is 10.2 Å². The molecule has 2 rings (SSSR count). The molecule has 1 fully saturated rings. The highest BCUT2D eigenvalue weighted by Crippen LogP contribution is 2.17. The van der Waals surface area contributed by atoms with Crippen LogP contribution in [0.1, 0.15) is 44.1 Å². The first-order chi connectivity index (χ1) is 11.6. The third-order valence-corrected chi connectivity index (χ3v) is 4.33. The standard InChI is InChI=1S/C19H32N4O.HI/c1-23(2)13-6-14-24-18-11-9-16(10-12-18)15-21-19(20)22-17-7-4-3-5-8-17;/h9-12,17H,3-8,13-15H2,1-2H3,(H3,20,21,22);1H. The molecule has 0 unspecified atom stereocenters. The van der Waals surface area contributed by atoms with Crippen molar-refractivity contribution in [3.8, 4) is 5.75 Å². The molecule has 0 amide bonds. The molecule has 25 heavy (non-hydrogen) atoms. The van der Waals surface area contributed by atoms with E-state index in [9.17, 15) is 0 Å². The van der Waals surface area contributed by atoms with E-state index in [4.69, 9.17) is 10.5 Å². The lowest BCUT2D eigenvalue weighted by Crippen LogP contribution is -2.41. The van der Waals surface area contributed by atoms with Gasteiger partial charge in [-0.25, -0.2) is 4.99 Å². The van der Waals surface area contributed by atoms with Gasteiger partial charge in [0.05, 0.1) is 13.2 Å². The fourth-order valence-corrected chi connectivity index (χ4v) is 2.94. The summed E-state index contributed by atoms with van der Waals surface area (Å²) < 4.78 is 5.74. The fraction of sp³-hybridized carbons (Fsp3) is 0.632. The molecule has 1 aliphatic carbocycles. The summed E-state index contributed by atoms with van der Waals surface area (Å²) in [6.07, 6.45) is 7.37. The molecule has 0 aliphatic heterocycles. The zero-order valence-corrected chi connectivity index (χ0v) is 17.9. The van der Waals surface area contributed by atoms with E-state index in [-0.39, 0.29) is 24.0 Å². The third-order valence-electron chi connectivity index (χ3n) is 4.33. The second kappa shape index (κ2) is 12.4. The van der Waals surface area contributed by atoms with Crippen LogP contribution in [-0.4, -0.2) is 44.1 Å². The molecule has 5 nitrogen and oxygen atoms in total. The van der Waals surface area contributed by atoms with Gasteiger partial charge in [0.1, 0.15) is 5.75 Å². The Bertz CT molecular complexity index is 499. The van der Waals surface area contributed by atoms with Crippen LogP contribution in [0.3, 0.4) is 0 Å². The molecule has 0 radical (unpaired) electrons. The van der Waals surface area contributed by atoms with E-state index in [1.807, 2.05) is 12.1 Å². The van der Waals surface area contributed by atoms with Gasteiger partial charge in [-0.05, 0) is 51.1 Å². The van der Waals surface area contributed by atoms with Crippen LogP contribution in [0.25, 0.3) is 0 Å². The quantitative estimate of drug-likeness (QED) is 0.270. The van der Waals surface area contributed by atoms with Gasteiger partial charge < -0.3 is 20.7 Å². The molecule has 1 aliphatic rings. The number of nitrogens with one attached hydrogen (secondary N) is 1. The van der Waals surface area contributed by atoms with Gasteiger partial charge in [0.15, 0.2) is 5.96 Å². The lowest BCUT2D eigenvalue weighted by molar-refractivity contribution is 0.281. The summed E-state index contributed by atoms with van der Waals surface area (Å²) in [5.41, 5.74) is 7.14. The number of ether oxygens (including phenoxy) is 1. The molecule has 0 atom stereocenters. The van der Waals surface area contributed by atoms with Gasteiger partial charge in [-0.2, -0.15) is 0 Å². The molecule has 0 aromatic heterocycles. The lowest BCUT2D eigenvalue weighted by Gasteiger charge is -2.23. The summed E-state index contributed by atoms with van der Waals surface area (Å²) in [5.74, 6) is 1.47. The van der Waals surface area contributed by atoms with Crippen molar-refractivity contribution in [2.45, 2.75) is 51.1 Å². The van der Waals surface area contributed by atoms with Crippen molar-refractivity contribution in [1.29, 1.82) is 0 Å². The molecule has 3 N–H and O–H groups in total. The number of rotatable bonds is 8. The molecule has 6 heteroatoms. The Hall–Kier alpha value is -1.02. The first-order valence-electron chi connectivity index (χ1n) is 9.06. The third kappa shape index (κ3) is 9.30. The summed E-state index contributed by atoms with van der Waals surface area (Å²) in [6.45, 7) is 2.39. The van der Waals surface area contributed by atoms with Crippen LogP contribution in [0.2, 0.25) is 0 Å². The maximum Gasteiger partial charge on any atom is 0.189 e. The van der Waals surface area contributed by atoms with E-state index in [1.54, 1.807) is 0 Å². The summed E-state index contributed by atoms with van der Waals surface area (Å²) in [5, 5.41) is 3.34. The number of halogens is 1. The van der Waals surface area contributed by atoms with Gasteiger partial charge >= 0.3 is 0 Å². The Morgan fingerprint density at radius 2 is 1.88 bits per heavy atom. The molecule has 1 aromatic rings. The number of nitrogens with zero attached hydrogens (tertiary/aromatic N) is 2. The predicted molar refractivity (Wildman–Crippen MR) is 116 cm³/mol. The van der Waals surface area contributed by atoms with Crippen LogP contribution in [0.5, 0.6) is 5.75 Å². The maximum absolute atomic E-state index is 6.00. The van der Waals surface area contributed by atoms with E-state index >= 15 is 0 Å². The van der Waals surface area contributed by atoms with Crippen molar-refractivity contribution < 1.29 is 4.74 Å². The van der Waals surface area contributed by atoms with E-state index in [0.29, 0.717) is 18.5 Å². The monoisotopic (exact) mass is 460 g/mol. The van der Waals surface area contributed by atoms with Crippen LogP contribution in [0.15, 0.2) is 29.3 Å². The molecule has 142 valence electrons. The highest BCUT2D eigenvalue weighted by molar-refractivity contribution is 14.0. The van der Waals surface area contributed by atoms with Crippen LogP contribution in [0, 0.1) is 0 Å². The Kier molecular flexibility index (Phi) is 10.9. The second-order valence-electron chi connectivity index (χ2n) is 6.83. The molecular formula is C19H33IN4O. The van der Waals surface area contributed by atoms with Crippen molar-refractivity contribution in [3.63, 3.8) is 0 Å². The number of hydrogen-bond donors (Lipinski definition) is 2. The van der Waals surface area contributed by atoms with Crippen molar-refractivity contribution in [3.05, 3.63) is 29.8 Å². The Balaban J connectivity index is 0.00000312. The number of aliphatic imine (C=N–C) groups is 1. The van der Waals surface area contributed by atoms with Crippen molar-refractivity contribution in [2.75, 3.05) is 27.2 Å². The summed E-state index contributed by atoms with van der Waals surface area (Å²) in [6, 6.07) is 8.62. The lowest BCUT2D eigenvalue weighted by atomic mass is 9.96. The van der Waals surface area contributed by atoms with Gasteiger partial charge in [-0.3, -0.25) is 0 Å². The average molecular weight is 460 g/mol. The average Bonchev–Trinajstić information content (AvgIpc) is 2.59. The highest BCUT2D eigenvalue weighted by Gasteiger charge is 2.13. The predicted octanol–water partition coefficient (Wildman–Crippen LogP) is 3.37. The Morgan fingerprint density at radius 1 is 1.20 bits per heavy atom. The van der Waals surface area contributed by atoms with Gasteiger partial charge in [-0.1, -0.05) is 31.4 Å². The van der Waals surface area contributed by atoms with Gasteiger partial charge in [-0.15, -0.1) is 24.0 Å². The summed E-state index contributed by atoms with van der Waals surface area (Å²) in [4.78, 5) is 6.61. The second-order valence-corrected chi connectivity index (χ2v) is 6.83. The van der Waals surface area contributed by atoms with E-state index in [1.165, 1.54) is 32.1 Å². The Morgan fingerprint density at radius 3 is 2.52 bits per heavy atom. The summed E-state index contributed by atoms with van der Waals surface area (Å²) in [7, 11) is 4.15. The van der Waals surface area contributed by atoms with Crippen LogP contribution < -0.4 is 15.8 Å². The van der Waals surface area contributed by atoms with Gasteiger partial charge in [0, 0.05) is 12.6 Å². The summed E-state index contributed by atoms with van der Waals surface area (Å²) >= 11 is 0. The number of guanidine groups is 1. The minimum absolute atomic E-state index is 0. The fourth-order valence-electron chi connectivity index (χ4n) is 2.94. The molecule has 1 aromatic carbocycles. The normalized spacial score (nSPS) is 15.7. The minimum atomic E-state index is 0. The van der Waals surface area contributed by atoms with E-state index < -0.39 is 0 Å². The minimum Gasteiger partial charge on any atom is -0.494 e. The molecule has 0 heterocycles. The number of nitrogens with two attached hydrogens (primary N) is 1. The highest BCUT2D eigenvalue weighted by atomic mass is 127. The topological polar surface area (TPSA) is 62.9 Å². The smallest absolute Gasteiger partial charge is 0.189 e. The van der Waals surface area contributed by atoms with E-state index in [2.05, 4.69) is 41.4 Å². The van der Waals surface area contributed by atoms with Crippen LogP contribution in [-0.2, 0) is 6.54 Å². The van der Waals surface area contributed by atoms with Gasteiger partial charge in [0.25, 0.3) is 0 Å². The van der Waals surface area contributed by atoms with Crippen molar-refractivity contribution >= 4 is 29.9 Å². The van der Waals surface area contributed by atoms with Crippen molar-refractivity contribution in [2.24, 2.45) is 10.7 Å². The van der Waals surface area contributed by atoms with Crippen LogP contribution in [0.4, 0.5) is 0 Å².